The molecule has 1 saturated carbocycles. The van der Waals surface area contributed by atoms with Gasteiger partial charge in [-0.25, -0.2) is 0 Å². The average molecular weight is 108 g/mol. The van der Waals surface area contributed by atoms with Gasteiger partial charge in [0.05, 0.1) is 5.69 Å². The van der Waals surface area contributed by atoms with Crippen LogP contribution in [0.4, 0.5) is 0 Å². The van der Waals surface area contributed by atoms with E-state index in [1.54, 1.807) is 0 Å². The first-order valence-corrected chi connectivity index (χ1v) is 2.96. The molecule has 1 aromatic heterocycles. The van der Waals surface area contributed by atoms with E-state index >= 15 is 0 Å². The minimum absolute atomic E-state index is 0.793. The lowest BCUT2D eigenvalue weighted by Gasteiger charge is -1.80. The fourth-order valence-electron chi connectivity index (χ4n) is 0.878. The molecule has 2 heteroatoms. The van der Waals surface area contributed by atoms with Gasteiger partial charge in [-0.1, -0.05) is 0 Å². The predicted molar refractivity (Wildman–Crippen MR) is 30.6 cm³/mol. The molecular weight excluding hydrogens is 100 g/mol. The number of hydrogen-bond donors (Lipinski definition) is 1. The number of nitrogens with zero attached hydrogens (tertiary/aromatic N) is 1. The highest BCUT2D eigenvalue weighted by Gasteiger charge is 2.24. The van der Waals surface area contributed by atoms with E-state index in [-0.39, 0.29) is 0 Å². The van der Waals surface area contributed by atoms with Gasteiger partial charge in [0.15, 0.2) is 0 Å². The zero-order valence-electron chi connectivity index (χ0n) is 4.59. The van der Waals surface area contributed by atoms with Gasteiger partial charge in [-0.05, 0) is 18.9 Å². The lowest BCUT2D eigenvalue weighted by Crippen LogP contribution is -1.75. The maximum absolute atomic E-state index is 4.05. The van der Waals surface area contributed by atoms with Crippen LogP contribution in [-0.4, -0.2) is 10.2 Å². The molecule has 8 heavy (non-hydrogen) atoms. The van der Waals surface area contributed by atoms with Crippen LogP contribution in [-0.2, 0) is 0 Å². The molecule has 42 valence electrons. The van der Waals surface area contributed by atoms with Crippen LogP contribution in [0, 0.1) is 0 Å². The number of aromatic amines is 1. The summed E-state index contributed by atoms with van der Waals surface area (Å²) in [6.07, 6.45) is 4.56. The molecule has 0 atom stereocenters. The molecule has 0 amide bonds. The quantitative estimate of drug-likeness (QED) is 0.577. The Morgan fingerprint density at radius 1 is 1.62 bits per heavy atom. The number of aromatic nitrogens is 2. The molecule has 0 saturated heterocycles. The largest absolute Gasteiger partial charge is 0.285 e. The first-order chi connectivity index (χ1) is 3.97. The molecule has 2 nitrogen and oxygen atoms in total. The Bertz CT molecular complexity index is 163. The van der Waals surface area contributed by atoms with Crippen molar-refractivity contribution in [2.24, 2.45) is 0 Å². The first kappa shape index (κ1) is 4.13. The Labute approximate surface area is 47.9 Å². The van der Waals surface area contributed by atoms with Crippen molar-refractivity contribution in [3.8, 4) is 0 Å². The van der Waals surface area contributed by atoms with Crippen LogP contribution in [0.3, 0.4) is 0 Å². The zero-order valence-corrected chi connectivity index (χ0v) is 4.59. The van der Waals surface area contributed by atoms with Crippen molar-refractivity contribution in [2.45, 2.75) is 18.8 Å². The molecule has 1 aliphatic rings. The molecule has 1 aliphatic carbocycles. The van der Waals surface area contributed by atoms with Crippen LogP contribution < -0.4 is 0 Å². The highest BCUT2D eigenvalue weighted by atomic mass is 15.1. The third-order valence-corrected chi connectivity index (χ3v) is 1.52. The standard InChI is InChI=1S/C6H8N2/c1-2-5(1)6-3-4-7-8-6/h3-5H,1-2H2,(H,7,8). The van der Waals surface area contributed by atoms with Crippen molar-refractivity contribution < 1.29 is 0 Å². The SMILES string of the molecule is c1cc(C2CC2)n[nH]1. The Balaban J connectivity index is 2.28. The average Bonchev–Trinajstić information content (AvgIpc) is 2.49. The highest BCUT2D eigenvalue weighted by Crippen LogP contribution is 2.38. The van der Waals surface area contributed by atoms with Gasteiger partial charge in [-0.2, -0.15) is 5.10 Å². The monoisotopic (exact) mass is 108 g/mol. The summed E-state index contributed by atoms with van der Waals surface area (Å²) in [5.74, 6) is 0.793. The maximum atomic E-state index is 4.05. The third kappa shape index (κ3) is 0.529. The molecule has 2 rings (SSSR count). The van der Waals surface area contributed by atoms with Gasteiger partial charge in [0.1, 0.15) is 0 Å². The van der Waals surface area contributed by atoms with Crippen molar-refractivity contribution in [1.29, 1.82) is 0 Å². The van der Waals surface area contributed by atoms with E-state index in [1.807, 2.05) is 6.20 Å². The summed E-state index contributed by atoms with van der Waals surface area (Å²) in [6, 6.07) is 2.05. The van der Waals surface area contributed by atoms with E-state index in [0.29, 0.717) is 0 Å². The number of hydrogen-bond acceptors (Lipinski definition) is 1. The normalized spacial score (nSPS) is 19.0. The zero-order chi connectivity index (χ0) is 5.40. The van der Waals surface area contributed by atoms with Crippen LogP contribution >= 0.6 is 0 Å². The van der Waals surface area contributed by atoms with E-state index in [1.165, 1.54) is 18.5 Å². The van der Waals surface area contributed by atoms with Gasteiger partial charge in [-0.3, -0.25) is 5.10 Å². The summed E-state index contributed by atoms with van der Waals surface area (Å²) in [7, 11) is 0. The molecular formula is C6H8N2. The predicted octanol–water partition coefficient (Wildman–Crippen LogP) is 1.29. The van der Waals surface area contributed by atoms with Crippen LogP contribution in [0.1, 0.15) is 24.5 Å². The van der Waals surface area contributed by atoms with Gasteiger partial charge in [0, 0.05) is 12.1 Å². The smallest absolute Gasteiger partial charge is 0.0652 e. The van der Waals surface area contributed by atoms with Crippen molar-refractivity contribution >= 4 is 0 Å². The van der Waals surface area contributed by atoms with Crippen LogP contribution in [0.15, 0.2) is 12.3 Å². The summed E-state index contributed by atoms with van der Waals surface area (Å²) in [6.45, 7) is 0. The summed E-state index contributed by atoms with van der Waals surface area (Å²) in [5.41, 5.74) is 1.24. The van der Waals surface area contributed by atoms with E-state index in [2.05, 4.69) is 16.3 Å². The number of rotatable bonds is 1. The topological polar surface area (TPSA) is 28.7 Å². The molecule has 1 aromatic rings. The minimum atomic E-state index is 0.793. The lowest BCUT2D eigenvalue weighted by molar-refractivity contribution is 0.965. The molecule has 1 heterocycles. The van der Waals surface area contributed by atoms with Gasteiger partial charge in [-0.15, -0.1) is 0 Å². The van der Waals surface area contributed by atoms with Crippen molar-refractivity contribution in [3.05, 3.63) is 18.0 Å². The van der Waals surface area contributed by atoms with Gasteiger partial charge in [0.2, 0.25) is 0 Å². The van der Waals surface area contributed by atoms with Crippen molar-refractivity contribution in [2.75, 3.05) is 0 Å². The molecule has 0 bridgehead atoms. The summed E-state index contributed by atoms with van der Waals surface area (Å²) in [4.78, 5) is 0. The molecule has 0 unspecified atom stereocenters. The molecule has 0 radical (unpaired) electrons. The van der Waals surface area contributed by atoms with Crippen LogP contribution in [0.5, 0.6) is 0 Å². The maximum Gasteiger partial charge on any atom is 0.0652 e. The van der Waals surface area contributed by atoms with Gasteiger partial charge < -0.3 is 0 Å². The third-order valence-electron chi connectivity index (χ3n) is 1.52. The Kier molecular flexibility index (Phi) is 0.692. The minimum Gasteiger partial charge on any atom is -0.285 e. The summed E-state index contributed by atoms with van der Waals surface area (Å²) >= 11 is 0. The summed E-state index contributed by atoms with van der Waals surface area (Å²) in [5, 5.41) is 6.85. The molecule has 0 aliphatic heterocycles. The summed E-state index contributed by atoms with van der Waals surface area (Å²) < 4.78 is 0. The number of H-pyrrole nitrogens is 1. The second-order valence-electron chi connectivity index (χ2n) is 2.27. The Morgan fingerprint density at radius 3 is 3.00 bits per heavy atom. The van der Waals surface area contributed by atoms with Gasteiger partial charge >= 0.3 is 0 Å². The molecule has 1 fully saturated rings. The van der Waals surface area contributed by atoms with E-state index in [9.17, 15) is 0 Å². The van der Waals surface area contributed by atoms with E-state index in [0.717, 1.165) is 5.92 Å². The molecule has 1 N–H and O–H groups in total. The van der Waals surface area contributed by atoms with Crippen molar-refractivity contribution in [3.63, 3.8) is 0 Å². The first-order valence-electron chi connectivity index (χ1n) is 2.96. The number of nitrogens with one attached hydrogen (secondary N) is 1. The van der Waals surface area contributed by atoms with Crippen LogP contribution in [0.2, 0.25) is 0 Å². The van der Waals surface area contributed by atoms with Crippen molar-refractivity contribution in [1.82, 2.24) is 10.2 Å². The van der Waals surface area contributed by atoms with Gasteiger partial charge in [0.25, 0.3) is 0 Å². The van der Waals surface area contributed by atoms with Crippen LogP contribution in [0.25, 0.3) is 0 Å². The lowest BCUT2D eigenvalue weighted by atomic mass is 10.3. The Morgan fingerprint density at radius 2 is 2.50 bits per heavy atom. The molecule has 0 aromatic carbocycles. The highest BCUT2D eigenvalue weighted by molar-refractivity contribution is 5.11. The fraction of sp³-hybridized carbons (Fsp3) is 0.500. The van der Waals surface area contributed by atoms with E-state index in [4.69, 9.17) is 0 Å². The molecule has 0 spiro atoms. The van der Waals surface area contributed by atoms with E-state index < -0.39 is 0 Å². The fourth-order valence-corrected chi connectivity index (χ4v) is 0.878. The second-order valence-corrected chi connectivity index (χ2v) is 2.27. The second kappa shape index (κ2) is 1.34. The Hall–Kier alpha value is -0.790.